The lowest BCUT2D eigenvalue weighted by Gasteiger charge is -2.19. The summed E-state index contributed by atoms with van der Waals surface area (Å²) in [6, 6.07) is 15.7. The van der Waals surface area contributed by atoms with E-state index in [0.29, 0.717) is 5.56 Å². The molecule has 0 bridgehead atoms. The van der Waals surface area contributed by atoms with Crippen molar-refractivity contribution in [2.75, 3.05) is 30.4 Å². The second-order valence-electron chi connectivity index (χ2n) is 6.21. The van der Waals surface area contributed by atoms with Crippen molar-refractivity contribution in [3.63, 3.8) is 0 Å². The lowest BCUT2D eigenvalue weighted by Crippen LogP contribution is -2.19. The first-order valence-electron chi connectivity index (χ1n) is 9.06. The largest absolute Gasteiger partial charge is 0.375 e. The Morgan fingerprint density at radius 3 is 2.44 bits per heavy atom. The van der Waals surface area contributed by atoms with Gasteiger partial charge in [-0.2, -0.15) is 0 Å². The first-order valence-corrected chi connectivity index (χ1v) is 9.06. The van der Waals surface area contributed by atoms with Gasteiger partial charge in [-0.25, -0.2) is 0 Å². The van der Waals surface area contributed by atoms with Crippen LogP contribution in [0.3, 0.4) is 0 Å². The predicted molar refractivity (Wildman–Crippen MR) is 106 cm³/mol. The lowest BCUT2D eigenvalue weighted by molar-refractivity contribution is 0.102. The van der Waals surface area contributed by atoms with Crippen LogP contribution in [0.25, 0.3) is 0 Å². The zero-order chi connectivity index (χ0) is 18.1. The highest BCUT2D eigenvalue weighted by Gasteiger charge is 2.09. The summed E-state index contributed by atoms with van der Waals surface area (Å²) in [5, 5.41) is 6.32. The van der Waals surface area contributed by atoms with E-state index in [9.17, 15) is 4.79 Å². The minimum absolute atomic E-state index is 0.0771. The highest BCUT2D eigenvalue weighted by atomic mass is 16.1. The topological polar surface area (TPSA) is 44.4 Å². The van der Waals surface area contributed by atoms with Gasteiger partial charge < -0.3 is 15.5 Å². The van der Waals surface area contributed by atoms with E-state index in [0.717, 1.165) is 36.6 Å². The van der Waals surface area contributed by atoms with E-state index >= 15 is 0 Å². The van der Waals surface area contributed by atoms with Crippen molar-refractivity contribution in [3.05, 3.63) is 59.7 Å². The molecule has 0 unspecified atom stereocenters. The molecule has 2 rings (SSSR count). The molecule has 0 aliphatic carbocycles. The number of anilines is 2. The normalized spacial score (nSPS) is 10.5. The maximum Gasteiger partial charge on any atom is 0.255 e. The molecule has 0 aliphatic rings. The minimum Gasteiger partial charge on any atom is -0.375 e. The molecule has 25 heavy (non-hydrogen) atoms. The number of nitrogens with zero attached hydrogens (tertiary/aromatic N) is 1. The van der Waals surface area contributed by atoms with Gasteiger partial charge in [0.15, 0.2) is 0 Å². The molecule has 0 heterocycles. The van der Waals surface area contributed by atoms with E-state index in [4.69, 9.17) is 0 Å². The Hall–Kier alpha value is -2.33. The molecule has 2 aromatic carbocycles. The summed E-state index contributed by atoms with van der Waals surface area (Å²) in [5.41, 5.74) is 3.76. The standard InChI is InChI=1S/C21H29N3O/c1-4-6-15-24(3)19-13-11-17(12-14-19)21(25)23-20-10-8-7-9-18(20)16-22-5-2/h7-14,22H,4-6,15-16H2,1-3H3,(H,23,25). The zero-order valence-electron chi connectivity index (χ0n) is 15.5. The number of hydrogen-bond acceptors (Lipinski definition) is 3. The second-order valence-corrected chi connectivity index (χ2v) is 6.21. The molecule has 2 N–H and O–H groups in total. The molecular formula is C21H29N3O. The third-order valence-electron chi connectivity index (χ3n) is 4.25. The molecule has 1 amide bonds. The van der Waals surface area contributed by atoms with Crippen LogP contribution in [-0.4, -0.2) is 26.0 Å². The molecule has 0 saturated carbocycles. The molecule has 0 saturated heterocycles. The van der Waals surface area contributed by atoms with Gasteiger partial charge in [0.05, 0.1) is 0 Å². The number of unbranched alkanes of at least 4 members (excludes halogenated alkanes) is 1. The number of carbonyl (C=O) groups excluding carboxylic acids is 1. The number of nitrogens with one attached hydrogen (secondary N) is 2. The van der Waals surface area contributed by atoms with Gasteiger partial charge in [0.2, 0.25) is 0 Å². The first kappa shape index (κ1) is 19.0. The van der Waals surface area contributed by atoms with Crippen LogP contribution in [-0.2, 0) is 6.54 Å². The van der Waals surface area contributed by atoms with Crippen LogP contribution >= 0.6 is 0 Å². The summed E-state index contributed by atoms with van der Waals surface area (Å²) >= 11 is 0. The number of hydrogen-bond donors (Lipinski definition) is 2. The SMILES string of the molecule is CCCCN(C)c1ccc(C(=O)Nc2ccccc2CNCC)cc1. The Kier molecular flexibility index (Phi) is 7.48. The number of amides is 1. The lowest BCUT2D eigenvalue weighted by atomic mass is 10.1. The average Bonchev–Trinajstić information content (AvgIpc) is 2.65. The van der Waals surface area contributed by atoms with E-state index in [-0.39, 0.29) is 5.91 Å². The monoisotopic (exact) mass is 339 g/mol. The Labute approximate surface area is 151 Å². The number of para-hydroxylation sites is 1. The Bertz CT molecular complexity index is 667. The van der Waals surface area contributed by atoms with Crippen molar-refractivity contribution in [1.82, 2.24) is 5.32 Å². The molecule has 0 spiro atoms. The number of carbonyl (C=O) groups is 1. The van der Waals surface area contributed by atoms with Gasteiger partial charge in [-0.3, -0.25) is 4.79 Å². The summed E-state index contributed by atoms with van der Waals surface area (Å²) in [5.74, 6) is -0.0771. The molecule has 0 atom stereocenters. The van der Waals surface area contributed by atoms with Crippen molar-refractivity contribution in [2.45, 2.75) is 33.2 Å². The summed E-state index contributed by atoms with van der Waals surface area (Å²) in [6.45, 7) is 6.93. The van der Waals surface area contributed by atoms with E-state index in [1.54, 1.807) is 0 Å². The molecule has 4 heteroatoms. The third kappa shape index (κ3) is 5.61. The molecular weight excluding hydrogens is 310 g/mol. The summed E-state index contributed by atoms with van der Waals surface area (Å²) in [7, 11) is 2.09. The van der Waals surface area contributed by atoms with Gasteiger partial charge >= 0.3 is 0 Å². The highest BCUT2D eigenvalue weighted by molar-refractivity contribution is 6.04. The highest BCUT2D eigenvalue weighted by Crippen LogP contribution is 2.18. The molecule has 134 valence electrons. The molecule has 0 aliphatic heterocycles. The van der Waals surface area contributed by atoms with Crippen LogP contribution in [0.4, 0.5) is 11.4 Å². The zero-order valence-corrected chi connectivity index (χ0v) is 15.5. The van der Waals surface area contributed by atoms with Crippen LogP contribution in [0.15, 0.2) is 48.5 Å². The third-order valence-corrected chi connectivity index (χ3v) is 4.25. The predicted octanol–water partition coefficient (Wildman–Crippen LogP) is 4.28. The van der Waals surface area contributed by atoms with Crippen molar-refractivity contribution >= 4 is 17.3 Å². The average molecular weight is 339 g/mol. The maximum atomic E-state index is 12.5. The molecule has 0 aromatic heterocycles. The Morgan fingerprint density at radius 2 is 1.76 bits per heavy atom. The minimum atomic E-state index is -0.0771. The van der Waals surface area contributed by atoms with Crippen molar-refractivity contribution in [1.29, 1.82) is 0 Å². The molecule has 4 nitrogen and oxygen atoms in total. The Morgan fingerprint density at radius 1 is 1.04 bits per heavy atom. The van der Waals surface area contributed by atoms with Gasteiger partial charge in [0.25, 0.3) is 5.91 Å². The van der Waals surface area contributed by atoms with Crippen LogP contribution in [0.1, 0.15) is 42.6 Å². The Balaban J connectivity index is 2.04. The summed E-state index contributed by atoms with van der Waals surface area (Å²) in [6.07, 6.45) is 2.35. The first-order chi connectivity index (χ1) is 12.2. The van der Waals surface area contributed by atoms with Crippen LogP contribution in [0, 0.1) is 0 Å². The van der Waals surface area contributed by atoms with E-state index in [1.807, 2.05) is 48.5 Å². The van der Waals surface area contributed by atoms with Crippen molar-refractivity contribution in [2.24, 2.45) is 0 Å². The fourth-order valence-corrected chi connectivity index (χ4v) is 2.64. The maximum absolute atomic E-state index is 12.5. The van der Waals surface area contributed by atoms with Gasteiger partial charge in [0.1, 0.15) is 0 Å². The van der Waals surface area contributed by atoms with Crippen LogP contribution in [0.5, 0.6) is 0 Å². The van der Waals surface area contributed by atoms with Gasteiger partial charge in [-0.1, -0.05) is 38.5 Å². The van der Waals surface area contributed by atoms with Gasteiger partial charge in [-0.15, -0.1) is 0 Å². The number of rotatable bonds is 9. The molecule has 0 fully saturated rings. The van der Waals surface area contributed by atoms with E-state index in [2.05, 4.69) is 36.4 Å². The summed E-state index contributed by atoms with van der Waals surface area (Å²) in [4.78, 5) is 14.8. The van der Waals surface area contributed by atoms with Crippen LogP contribution in [0.2, 0.25) is 0 Å². The van der Waals surface area contributed by atoms with Crippen LogP contribution < -0.4 is 15.5 Å². The van der Waals surface area contributed by atoms with E-state index < -0.39 is 0 Å². The van der Waals surface area contributed by atoms with Crippen molar-refractivity contribution < 1.29 is 4.79 Å². The quantitative estimate of drug-likeness (QED) is 0.716. The fourth-order valence-electron chi connectivity index (χ4n) is 2.64. The number of benzene rings is 2. The second kappa shape index (κ2) is 9.84. The van der Waals surface area contributed by atoms with Gasteiger partial charge in [0, 0.05) is 37.1 Å². The van der Waals surface area contributed by atoms with Gasteiger partial charge in [-0.05, 0) is 48.9 Å². The smallest absolute Gasteiger partial charge is 0.255 e. The van der Waals surface area contributed by atoms with Crippen molar-refractivity contribution in [3.8, 4) is 0 Å². The molecule has 2 aromatic rings. The van der Waals surface area contributed by atoms with E-state index in [1.165, 1.54) is 12.8 Å². The summed E-state index contributed by atoms with van der Waals surface area (Å²) < 4.78 is 0. The fraction of sp³-hybridized carbons (Fsp3) is 0.381. The molecule has 0 radical (unpaired) electrons.